The number of halogens is 4. The summed E-state index contributed by atoms with van der Waals surface area (Å²) in [5.74, 6) is 4.42. The number of nitrogens with one attached hydrogen (secondary N) is 3. The number of primary sulfonamides is 1. The monoisotopic (exact) mass is 2360 g/mol. The Balaban J connectivity index is 0.000000242. The van der Waals surface area contributed by atoms with Gasteiger partial charge in [0, 0.05) is 135 Å². The molecule has 2 atom stereocenters. The average Bonchev–Trinajstić information content (AvgIpc) is 1.45. The standard InChI is InChI=1S/C30H39N7O4S.C23H25ClN6O4S.C18H18ClN3O3.C7H15N.C5H9N3O2S.CH3I.CH2O3.BH.ClH.2K.H2S.U.H/c1-19-16-28(3,4)36(17-19)26-21(27(38)34-42(39,40)22-18-35(5)32-20(22)2)6-7-24(31-26)37-14-8-25(33-37)41-15-9-23-29(10-11-29)30(23)12-13-30;1-14-16(13-29(2)26-14)35(32,33)28-21(31)15-3-4-18(25-20(15)24)30-11-5-19(27-30)34-12-6-17-22(7-8-22)23(17)9-10-23;19-15-11(16(23)24)1-2-13(20-15)22-9-3-14(21-22)25-10-4-12-17(5-6-17)18(12)7-8-18;1-6-4-7(2,3)8-5-6;1-4-5(11(6,9)10)3-8(2)7-4;1-2;2-1-4-3;;;;;;;/h6-8,14,18-19,23H,9-13,15-17H2,1-5H3,(H,34,38);3-5,11,13,17H,6-10,12H2,1-2H3,(H,28,31);1-3,9,12H,4-8,10H2,(H,23,24);6,8H,4-5H2,1-3H3;3H,1-2H3,(H2,6,9,10);1H3;1,3H;2*1H;;;1H2;;/q;;;;;;;;;2*+1;;;-1/p-1/t19-;;;6-;;;;;;;;;;/m0..0........../s1/i;;;;;1D;;1D;;;;;;. The number of aromatic carboxylic acids is 1. The smallest absolute Gasteiger partial charge is 1.00 e. The van der Waals surface area contributed by atoms with Crippen molar-refractivity contribution in [3.63, 3.8) is 0 Å². The summed E-state index contributed by atoms with van der Waals surface area (Å²) in [6.07, 6.45) is 31.7. The summed E-state index contributed by atoms with van der Waals surface area (Å²) in [7, 11) is -3.23. The minimum atomic E-state index is -4.14. The second kappa shape index (κ2) is 44.6. The molecule has 6 spiro atoms. The van der Waals surface area contributed by atoms with Crippen molar-refractivity contribution in [2.75, 3.05) is 42.7 Å². The van der Waals surface area contributed by atoms with E-state index in [1.807, 2.05) is 33.4 Å². The number of anilines is 1. The number of nitrogens with two attached hydrogens (primary N) is 1. The van der Waals surface area contributed by atoms with Gasteiger partial charge in [-0.1, -0.05) is 59.6 Å². The van der Waals surface area contributed by atoms with Crippen molar-refractivity contribution in [3.8, 4) is 35.1 Å². The van der Waals surface area contributed by atoms with Crippen LogP contribution >= 0.6 is 71.7 Å². The molecule has 9 saturated carbocycles. The summed E-state index contributed by atoms with van der Waals surface area (Å²) in [5.41, 5.74) is 5.33. The number of alkyl halides is 1. The number of aromatic nitrogens is 15. The summed E-state index contributed by atoms with van der Waals surface area (Å²) in [4.78, 5) is 64.1. The molecule has 20 rings (SSSR count). The van der Waals surface area contributed by atoms with E-state index in [0.717, 1.165) is 49.4 Å². The van der Waals surface area contributed by atoms with E-state index in [4.69, 9.17) is 65.4 Å². The average molecular weight is 2360 g/mol. The van der Waals surface area contributed by atoms with Crippen LogP contribution in [0.25, 0.3) is 17.5 Å². The minimum absolute atomic E-state index is 0. The maximum atomic E-state index is 13.5. The Bertz CT molecular complexity index is 6030. The molecule has 9 aromatic rings. The largest absolute Gasteiger partial charge is 1.00 e. The van der Waals surface area contributed by atoms with Crippen LogP contribution in [0.1, 0.15) is 202 Å². The zero-order chi connectivity index (χ0) is 94.4. The van der Waals surface area contributed by atoms with E-state index in [1.54, 1.807) is 95.5 Å². The van der Waals surface area contributed by atoms with Crippen LogP contribution in [-0.2, 0) is 60.9 Å². The van der Waals surface area contributed by atoms with Gasteiger partial charge in [0.15, 0.2) is 17.5 Å². The molecule has 133 heavy (non-hydrogen) atoms. The van der Waals surface area contributed by atoms with Crippen LogP contribution in [0, 0.1) is 114 Å². The van der Waals surface area contributed by atoms with Crippen LogP contribution < -0.4 is 147 Å². The second-order valence-corrected chi connectivity index (χ2v) is 42.4. The Hall–Kier alpha value is -4.14. The zero-order valence-electron chi connectivity index (χ0n) is 80.0. The molecule has 2 saturated heterocycles. The molecule has 0 bridgehead atoms. The Labute approximate surface area is 927 Å². The number of nitrogens with zero attached hydrogens (tertiary/aromatic N) is 16. The van der Waals surface area contributed by atoms with E-state index < -0.39 is 47.9 Å². The Morgan fingerprint density at radius 1 is 0.586 bits per heavy atom. The number of sulfonamides is 3. The third-order valence-electron chi connectivity index (χ3n) is 27.5. The molecule has 0 unspecified atom stereocenters. The molecule has 9 aromatic heterocycles. The molecular weight excluding hydrogens is 2250 g/mol. The number of carbonyl (C=O) groups is 4. The van der Waals surface area contributed by atoms with Gasteiger partial charge in [-0.3, -0.25) is 28.4 Å². The van der Waals surface area contributed by atoms with E-state index in [-0.39, 0.29) is 221 Å². The SMILES string of the molecule is C[C@@H]1CNC(C)(C)C1.Cc1nn(C)cc1S(=O)(=O)NC(=O)c1ccc(-n2ccc(OCCC3C4(CC4)C34CC4)n2)nc1Cl.Cc1nn(C)cc1S(=O)(=O)NC(=O)c1ccc(-n2ccc(OCCC3C4(CC4)C34CC4)n2)nc1N1C[C@@H](C)CC1(C)C.Cc1nn(C)cc1S(N)(=O)=O.Cl.O=C(O)c1ccc(-n2ccc(OCCC3C4(CC4)C34CC4)n2)nc1Cl.O=CO[O-].S.[2H]CI.[2H][B].[H-].[K+].[K+].[U]. The fraction of sp³-hybridized carbons (Fsp3) is 0.565. The number of hydrogen-bond donors (Lipinski definition) is 5. The summed E-state index contributed by atoms with van der Waals surface area (Å²) in [6, 6.07) is 14.6. The summed E-state index contributed by atoms with van der Waals surface area (Å²) in [6.45, 7) is 21.6. The fourth-order valence-corrected chi connectivity index (χ4v) is 24.8. The molecule has 2 amide bonds. The number of carboxylic acid groups (broad SMARTS) is 1. The van der Waals surface area contributed by atoms with Gasteiger partial charge in [0.05, 0.1) is 53.6 Å². The van der Waals surface area contributed by atoms with Crippen molar-refractivity contribution in [1.29, 1.82) is 1.34 Å². The van der Waals surface area contributed by atoms with Crippen LogP contribution in [0.2, 0.25) is 10.3 Å². The van der Waals surface area contributed by atoms with Crippen molar-refractivity contribution in [3.05, 3.63) is 136 Å². The first kappa shape index (κ1) is 111. The van der Waals surface area contributed by atoms with Gasteiger partial charge in [-0.05, 0) is 269 Å². The van der Waals surface area contributed by atoms with Crippen molar-refractivity contribution in [2.24, 2.45) is 88.4 Å². The molecule has 712 valence electrons. The number of hydrogen-bond acceptors (Lipinski definition) is 26. The summed E-state index contributed by atoms with van der Waals surface area (Å²) in [5, 5.41) is 50.9. The summed E-state index contributed by atoms with van der Waals surface area (Å²) < 4.78 is 115. The molecule has 11 heterocycles. The van der Waals surface area contributed by atoms with Gasteiger partial charge in [0.1, 0.15) is 30.8 Å². The van der Waals surface area contributed by atoms with E-state index in [2.05, 4.69) is 110 Å². The maximum Gasteiger partial charge on any atom is 1.00 e. The predicted octanol–water partition coefficient (Wildman–Crippen LogP) is 4.89. The molecule has 0 aromatic carbocycles. The van der Waals surface area contributed by atoms with E-state index >= 15 is 0 Å². The van der Waals surface area contributed by atoms with Gasteiger partial charge in [-0.25, -0.2) is 73.6 Å². The van der Waals surface area contributed by atoms with Gasteiger partial charge >= 0.3 is 109 Å². The Morgan fingerprint density at radius 2 is 0.910 bits per heavy atom. The number of rotatable bonds is 25. The van der Waals surface area contributed by atoms with Gasteiger partial charge in [-0.2, -0.15) is 28.8 Å². The minimum Gasteiger partial charge on any atom is -1.00 e. The molecule has 9 aliphatic carbocycles. The van der Waals surface area contributed by atoms with Gasteiger partial charge in [0.2, 0.25) is 27.7 Å². The number of aryl methyl sites for hydroxylation is 6. The molecule has 11 fully saturated rings. The van der Waals surface area contributed by atoms with E-state index in [0.29, 0.717) is 128 Å². The number of amides is 2. The molecule has 6 N–H and O–H groups in total. The van der Waals surface area contributed by atoms with Crippen molar-refractivity contribution >= 4 is 140 Å². The van der Waals surface area contributed by atoms with Crippen LogP contribution in [0.15, 0.2) is 106 Å². The third-order valence-corrected chi connectivity index (χ3v) is 31.9. The molecule has 2 radical (unpaired) electrons. The van der Waals surface area contributed by atoms with Crippen molar-refractivity contribution < 1.29 is 211 Å². The number of fused-ring (bicyclic) bond motifs is 3. The summed E-state index contributed by atoms with van der Waals surface area (Å²) >= 11 is 14.1. The Morgan fingerprint density at radius 3 is 1.17 bits per heavy atom. The number of pyridine rings is 3. The first-order valence-corrected chi connectivity index (χ1v) is 49.1. The normalized spacial score (nSPS) is 19.8. The molecule has 48 heteroatoms. The number of ether oxygens (including phenoxy) is 3. The first-order valence-electron chi connectivity index (χ1n) is 43.6. The number of carboxylic acids is 1. The Kier molecular flexibility index (Phi) is 37.1. The third kappa shape index (κ3) is 24.8. The molecule has 36 nitrogen and oxygen atoms in total. The quantitative estimate of drug-likeness (QED) is 0.00966. The maximum absolute atomic E-state index is 13.5. The molecular formula is C85H115BCl3IK2N20O16S4U. The molecule has 11 aliphatic rings. The number of carbonyl (C=O) groups excluding carboxylic acids is 3. The van der Waals surface area contributed by atoms with Crippen LogP contribution in [0.5, 0.6) is 17.6 Å². The van der Waals surface area contributed by atoms with Gasteiger partial charge in [0.25, 0.3) is 38.3 Å². The topological polar surface area (TPSA) is 462 Å². The predicted molar refractivity (Wildman–Crippen MR) is 500 cm³/mol. The first-order chi connectivity index (χ1) is 61.4. The van der Waals surface area contributed by atoms with Crippen LogP contribution in [0.3, 0.4) is 0 Å². The van der Waals surface area contributed by atoms with Crippen LogP contribution in [-0.4, -0.2) is 187 Å². The second-order valence-electron chi connectivity index (χ2n) is 36.8. The van der Waals surface area contributed by atoms with Gasteiger partial charge in [-0.15, -0.1) is 27.7 Å². The van der Waals surface area contributed by atoms with Crippen molar-refractivity contribution in [2.45, 2.75) is 197 Å². The van der Waals surface area contributed by atoms with Gasteiger partial charge < -0.3 is 41.1 Å². The fourth-order valence-electron chi connectivity index (χ4n) is 21.3. The van der Waals surface area contributed by atoms with Crippen molar-refractivity contribution in [1.82, 2.24) is 88.4 Å². The van der Waals surface area contributed by atoms with Crippen LogP contribution in [0.4, 0.5) is 5.82 Å². The zero-order valence-corrected chi connectivity index (χ0v) is 95.4. The van der Waals surface area contributed by atoms with E-state index in [9.17, 15) is 39.6 Å². The van der Waals surface area contributed by atoms with E-state index in [1.165, 1.54) is 150 Å². The molecule has 2 aliphatic heterocycles.